The number of amides is 2. The van der Waals surface area contributed by atoms with Crippen LogP contribution in [0.25, 0.3) is 0 Å². The van der Waals surface area contributed by atoms with Crippen LogP contribution in [0.2, 0.25) is 18.6 Å². The Kier molecular flexibility index (Phi) is 8.40. The van der Waals surface area contributed by atoms with Gasteiger partial charge >= 0.3 is 0 Å². The minimum Gasteiger partial charge on any atom is -0.432 e. The number of hydrogen-bond donors (Lipinski definition) is 2. The number of rotatable bonds is 6. The van der Waals surface area contributed by atoms with Crippen LogP contribution in [-0.2, 0) is 39.4 Å². The summed E-state index contributed by atoms with van der Waals surface area (Å²) in [6.07, 6.45) is -0.0405. The van der Waals surface area contributed by atoms with Crippen LogP contribution in [0.4, 0.5) is 5.69 Å². The molecule has 2 amide bonds. The predicted octanol–water partition coefficient (Wildman–Crippen LogP) is 5.73. The van der Waals surface area contributed by atoms with Gasteiger partial charge in [0.05, 0.1) is 37.4 Å². The second-order valence-corrected chi connectivity index (χ2v) is 18.7. The van der Waals surface area contributed by atoms with Crippen molar-refractivity contribution in [3.63, 3.8) is 0 Å². The van der Waals surface area contributed by atoms with Gasteiger partial charge in [-0.2, -0.15) is 0 Å². The predicted molar refractivity (Wildman–Crippen MR) is 180 cm³/mol. The summed E-state index contributed by atoms with van der Waals surface area (Å²) < 4.78 is 8.85. The smallest absolute Gasteiger partial charge is 0.264 e. The Morgan fingerprint density at radius 1 is 1.12 bits per heavy atom. The summed E-state index contributed by atoms with van der Waals surface area (Å²) in [5.74, 6) is -0.665. The van der Waals surface area contributed by atoms with E-state index in [1.54, 1.807) is 9.80 Å². The lowest BCUT2D eigenvalue weighted by Gasteiger charge is -2.37. The number of benzene rings is 3. The van der Waals surface area contributed by atoms with E-state index < -0.39 is 20.0 Å². The molecule has 6 rings (SSSR count). The van der Waals surface area contributed by atoms with Gasteiger partial charge in [0.15, 0.2) is 13.9 Å². The first-order valence-electron chi connectivity index (χ1n) is 14.7. The highest BCUT2D eigenvalue weighted by Crippen LogP contribution is 2.60. The number of fused-ring (bicyclic) bond motifs is 3. The van der Waals surface area contributed by atoms with E-state index in [0.717, 1.165) is 36.0 Å². The average Bonchev–Trinajstić information content (AvgIpc) is 3.39. The van der Waals surface area contributed by atoms with Crippen molar-refractivity contribution in [1.82, 2.24) is 4.90 Å². The molecule has 1 saturated heterocycles. The molecule has 0 radical (unpaired) electrons. The molecule has 3 aromatic carbocycles. The second-order valence-electron chi connectivity index (χ2n) is 12.6. The van der Waals surface area contributed by atoms with Crippen molar-refractivity contribution in [3.05, 3.63) is 97.0 Å². The van der Waals surface area contributed by atoms with Gasteiger partial charge in [-0.15, -0.1) is 0 Å². The molecule has 3 heterocycles. The maximum absolute atomic E-state index is 14.6. The molecule has 0 aromatic heterocycles. The van der Waals surface area contributed by atoms with Gasteiger partial charge in [-0.1, -0.05) is 59.3 Å². The molecule has 43 heavy (non-hydrogen) atoms. The highest BCUT2D eigenvalue weighted by atomic mass is 127. The Morgan fingerprint density at radius 2 is 1.81 bits per heavy atom. The molecule has 0 bridgehead atoms. The number of aliphatic hydroxyl groups is 1. The number of nitrogens with zero attached hydrogens (tertiary/aromatic N) is 2. The highest BCUT2D eigenvalue weighted by Gasteiger charge is 2.66. The first kappa shape index (κ1) is 30.9. The highest BCUT2D eigenvalue weighted by molar-refractivity contribution is 14.1. The Morgan fingerprint density at radius 3 is 2.49 bits per heavy atom. The summed E-state index contributed by atoms with van der Waals surface area (Å²) >= 11 is 5.88. The lowest BCUT2D eigenvalue weighted by atomic mass is 9.82. The minimum absolute atomic E-state index is 0.0279. The van der Waals surface area contributed by atoms with Gasteiger partial charge in [-0.25, -0.2) is 0 Å². The fourth-order valence-electron chi connectivity index (χ4n) is 7.51. The molecule has 0 unspecified atom stereocenters. The van der Waals surface area contributed by atoms with E-state index in [0.29, 0.717) is 19.5 Å². The van der Waals surface area contributed by atoms with Gasteiger partial charge in [-0.3, -0.25) is 9.59 Å². The molecule has 3 aromatic rings. The molecule has 0 aliphatic carbocycles. The van der Waals surface area contributed by atoms with Crippen LogP contribution < -0.4 is 4.90 Å². The van der Waals surface area contributed by atoms with E-state index in [9.17, 15) is 19.5 Å². The summed E-state index contributed by atoms with van der Waals surface area (Å²) in [6, 6.07) is 21.6. The number of aliphatic hydroxyl groups excluding tert-OH is 1. The zero-order valence-electron chi connectivity index (χ0n) is 24.5. The lowest BCUT2D eigenvalue weighted by molar-refractivity contribution is -0.151. The van der Waals surface area contributed by atoms with Crippen molar-refractivity contribution in [2.45, 2.75) is 69.2 Å². The van der Waals surface area contributed by atoms with E-state index in [1.165, 1.54) is 0 Å². The van der Waals surface area contributed by atoms with Crippen molar-refractivity contribution >= 4 is 64.3 Å². The first-order valence-corrected chi connectivity index (χ1v) is 19.6. The number of anilines is 1. The van der Waals surface area contributed by atoms with Crippen molar-refractivity contribution in [2.75, 3.05) is 11.5 Å². The SMILES string of the molecule is C[C@H]1[C@H]([Si](C)(C)O)[C@@H](CC(=O)N2Cc3ccccc3C[C@H]2CO)O[C@]12C(=O)N(Cc1ccc(I)cc1)c1ccc(Br)cc12. The van der Waals surface area contributed by atoms with Gasteiger partial charge in [-0.05, 0) is 89.1 Å². The van der Waals surface area contributed by atoms with Crippen LogP contribution >= 0.6 is 38.5 Å². The molecule has 226 valence electrons. The third-order valence-corrected chi connectivity index (χ3v) is 13.2. The number of halogens is 2. The maximum Gasteiger partial charge on any atom is 0.264 e. The van der Waals surface area contributed by atoms with E-state index in [1.807, 2.05) is 86.7 Å². The van der Waals surface area contributed by atoms with E-state index >= 15 is 0 Å². The van der Waals surface area contributed by atoms with E-state index in [4.69, 9.17) is 4.74 Å². The van der Waals surface area contributed by atoms with E-state index in [2.05, 4.69) is 38.5 Å². The standard InChI is InChI=1S/C33H36BrIN2O5Si/c1-20-31(43(2,3)41)29(16-30(39)36-18-23-7-5-4-6-22(23)14-26(36)19-38)42-33(20)27-15-24(34)10-13-28(27)37(32(33)40)17-21-8-11-25(35)12-9-21/h4-13,15,20,26,29,31,38,41H,14,16-19H2,1-3H3/t20-,26-,29+,31-,33+/m0/s1. The molecule has 1 spiro atoms. The van der Waals surface area contributed by atoms with Crippen molar-refractivity contribution in [1.29, 1.82) is 0 Å². The molecule has 5 atom stereocenters. The zero-order chi connectivity index (χ0) is 30.7. The average molecular weight is 776 g/mol. The molecule has 10 heteroatoms. The van der Waals surface area contributed by atoms with Crippen LogP contribution in [0, 0.1) is 9.49 Å². The fraction of sp³-hybridized carbons (Fsp3) is 0.394. The number of hydrogen-bond acceptors (Lipinski definition) is 5. The molecule has 3 aliphatic heterocycles. The number of ether oxygens (including phenoxy) is 1. The van der Waals surface area contributed by atoms with Crippen molar-refractivity contribution in [2.24, 2.45) is 5.92 Å². The van der Waals surface area contributed by atoms with Gasteiger partial charge in [0.25, 0.3) is 5.91 Å². The van der Waals surface area contributed by atoms with Crippen molar-refractivity contribution < 1.29 is 24.2 Å². The zero-order valence-corrected chi connectivity index (χ0v) is 29.2. The minimum atomic E-state index is -2.94. The normalized spacial score (nSPS) is 26.6. The van der Waals surface area contributed by atoms with Crippen LogP contribution in [0.15, 0.2) is 71.2 Å². The third-order valence-electron chi connectivity index (χ3n) is 9.46. The van der Waals surface area contributed by atoms with Gasteiger partial charge in [0.2, 0.25) is 5.91 Å². The Bertz CT molecular complexity index is 1560. The topological polar surface area (TPSA) is 90.3 Å². The largest absolute Gasteiger partial charge is 0.432 e. The van der Waals surface area contributed by atoms with Gasteiger partial charge in [0.1, 0.15) is 0 Å². The Labute approximate surface area is 275 Å². The molecule has 2 N–H and O–H groups in total. The Balaban J connectivity index is 1.35. The molecule has 1 fully saturated rings. The van der Waals surface area contributed by atoms with Crippen LogP contribution in [0.1, 0.15) is 35.6 Å². The summed E-state index contributed by atoms with van der Waals surface area (Å²) in [6.45, 7) is 6.39. The molecule has 3 aliphatic rings. The summed E-state index contributed by atoms with van der Waals surface area (Å²) in [5.41, 5.74) is 3.08. The molecule has 0 saturated carbocycles. The number of carbonyl (C=O) groups is 2. The quantitative estimate of drug-likeness (QED) is 0.247. The van der Waals surface area contributed by atoms with Crippen molar-refractivity contribution in [3.8, 4) is 0 Å². The van der Waals surface area contributed by atoms with Crippen LogP contribution in [0.3, 0.4) is 0 Å². The molecular formula is C33H36BrIN2O5Si. The summed E-state index contributed by atoms with van der Waals surface area (Å²) in [5, 5.41) is 10.2. The van der Waals surface area contributed by atoms with Gasteiger partial charge in [0, 0.05) is 31.6 Å². The maximum atomic E-state index is 14.6. The Hall–Kier alpha value is -2.09. The lowest BCUT2D eigenvalue weighted by Crippen LogP contribution is -2.48. The third kappa shape index (κ3) is 5.41. The second kappa shape index (κ2) is 11.7. The first-order chi connectivity index (χ1) is 20.4. The monoisotopic (exact) mass is 774 g/mol. The van der Waals surface area contributed by atoms with Crippen LogP contribution in [-0.4, -0.2) is 53.7 Å². The molecular weight excluding hydrogens is 739 g/mol. The number of carbonyl (C=O) groups excluding carboxylic acids is 2. The fourth-order valence-corrected chi connectivity index (χ4v) is 10.8. The van der Waals surface area contributed by atoms with Crippen LogP contribution in [0.5, 0.6) is 0 Å². The van der Waals surface area contributed by atoms with E-state index in [-0.39, 0.29) is 42.3 Å². The summed E-state index contributed by atoms with van der Waals surface area (Å²) in [7, 11) is -2.94. The summed E-state index contributed by atoms with van der Waals surface area (Å²) in [4.78, 5) is 43.8. The van der Waals surface area contributed by atoms with Gasteiger partial charge < -0.3 is 24.4 Å². The molecule has 7 nitrogen and oxygen atoms in total.